The molecule has 0 aliphatic carbocycles. The summed E-state index contributed by atoms with van der Waals surface area (Å²) in [5.74, 6) is -0.504. The van der Waals surface area contributed by atoms with Gasteiger partial charge in [0.05, 0.1) is 10.0 Å². The number of halogens is 2. The van der Waals surface area contributed by atoms with Crippen molar-refractivity contribution in [3.05, 3.63) is 33.8 Å². The number of nitrogens with one attached hydrogen (secondary N) is 1. The predicted octanol–water partition coefficient (Wildman–Crippen LogP) is 2.77. The molecule has 6 nitrogen and oxygen atoms in total. The molecule has 1 saturated heterocycles. The summed E-state index contributed by atoms with van der Waals surface area (Å²) in [4.78, 5) is 37.6. The van der Waals surface area contributed by atoms with Crippen LogP contribution in [0, 0.1) is 11.8 Å². The van der Waals surface area contributed by atoms with Crippen LogP contribution in [0.3, 0.4) is 0 Å². The van der Waals surface area contributed by atoms with Crippen LogP contribution in [-0.4, -0.2) is 48.9 Å². The summed E-state index contributed by atoms with van der Waals surface area (Å²) < 4.78 is 4.96. The number of hydrogen-bond donors (Lipinski definition) is 1. The Bertz CT molecular complexity index is 686. The molecule has 0 spiro atoms. The quantitative estimate of drug-likeness (QED) is 0.770. The zero-order valence-electron chi connectivity index (χ0n) is 14.8. The van der Waals surface area contributed by atoms with E-state index in [4.69, 9.17) is 27.9 Å². The summed E-state index contributed by atoms with van der Waals surface area (Å²) in [6.07, 6.45) is 1.09. The summed E-state index contributed by atoms with van der Waals surface area (Å²) in [5.41, 5.74) is 0.277. The zero-order valence-corrected chi connectivity index (χ0v) is 16.3. The summed E-state index contributed by atoms with van der Waals surface area (Å²) >= 11 is 11.6. The first-order valence-electron chi connectivity index (χ1n) is 8.43. The predicted molar refractivity (Wildman–Crippen MR) is 99.3 cm³/mol. The highest BCUT2D eigenvalue weighted by molar-refractivity contribution is 6.42. The highest BCUT2D eigenvalue weighted by Gasteiger charge is 2.25. The molecule has 8 heteroatoms. The maximum atomic E-state index is 12.2. The van der Waals surface area contributed by atoms with E-state index >= 15 is 0 Å². The van der Waals surface area contributed by atoms with E-state index in [0.717, 1.165) is 6.42 Å². The van der Waals surface area contributed by atoms with Crippen LogP contribution in [0.5, 0.6) is 0 Å². The van der Waals surface area contributed by atoms with Gasteiger partial charge >= 0.3 is 5.97 Å². The van der Waals surface area contributed by atoms with Gasteiger partial charge in [0.1, 0.15) is 6.54 Å². The third kappa shape index (κ3) is 5.88. The first-order chi connectivity index (χ1) is 12.3. The minimum absolute atomic E-state index is 0.215. The number of likely N-dealkylation sites (tertiary alicyclic amines) is 1. The molecule has 2 amide bonds. The van der Waals surface area contributed by atoms with E-state index in [1.54, 1.807) is 4.90 Å². The Morgan fingerprint density at radius 3 is 2.42 bits per heavy atom. The SMILES string of the molecule is C[C@H]1C[C@H](C)CN(C(=O)COC(=O)CNC(=O)c2ccc(Cl)c(Cl)c2)C1. The molecule has 0 aromatic heterocycles. The van der Waals surface area contributed by atoms with Crippen molar-refractivity contribution in [2.75, 3.05) is 26.2 Å². The standard InChI is InChI=1S/C18H22Cl2N2O4/c1-11-5-12(2)9-22(8-11)16(23)10-26-17(24)7-21-18(25)13-3-4-14(19)15(20)6-13/h3-4,6,11-12H,5,7-10H2,1-2H3,(H,21,25)/t11-,12-/m0/s1. The Balaban J connectivity index is 1.75. The molecule has 2 atom stereocenters. The van der Waals surface area contributed by atoms with E-state index in [9.17, 15) is 14.4 Å². The van der Waals surface area contributed by atoms with Crippen LogP contribution in [-0.2, 0) is 14.3 Å². The molecule has 1 aliphatic rings. The van der Waals surface area contributed by atoms with Crippen molar-refractivity contribution in [1.29, 1.82) is 0 Å². The van der Waals surface area contributed by atoms with Crippen LogP contribution in [0.2, 0.25) is 10.0 Å². The van der Waals surface area contributed by atoms with Gasteiger partial charge in [0.15, 0.2) is 6.61 Å². The molecular weight excluding hydrogens is 379 g/mol. The Hall–Kier alpha value is -1.79. The smallest absolute Gasteiger partial charge is 0.325 e. The van der Waals surface area contributed by atoms with Crippen molar-refractivity contribution in [2.45, 2.75) is 20.3 Å². The average molecular weight is 401 g/mol. The van der Waals surface area contributed by atoms with Crippen LogP contribution in [0.15, 0.2) is 18.2 Å². The van der Waals surface area contributed by atoms with Gasteiger partial charge in [-0.1, -0.05) is 37.0 Å². The second kappa shape index (κ2) is 9.24. The number of esters is 1. The van der Waals surface area contributed by atoms with E-state index in [1.807, 2.05) is 0 Å². The maximum Gasteiger partial charge on any atom is 0.325 e. The monoisotopic (exact) mass is 400 g/mol. The fourth-order valence-electron chi connectivity index (χ4n) is 3.04. The fraction of sp³-hybridized carbons (Fsp3) is 0.500. The van der Waals surface area contributed by atoms with Gasteiger partial charge in [-0.25, -0.2) is 0 Å². The molecule has 0 unspecified atom stereocenters. The van der Waals surface area contributed by atoms with Crippen LogP contribution in [0.4, 0.5) is 0 Å². The van der Waals surface area contributed by atoms with Gasteiger partial charge in [-0.3, -0.25) is 14.4 Å². The number of nitrogens with zero attached hydrogens (tertiary/aromatic N) is 1. The number of ether oxygens (including phenoxy) is 1. The van der Waals surface area contributed by atoms with Crippen LogP contribution >= 0.6 is 23.2 Å². The molecule has 1 aromatic rings. The normalized spacial score (nSPS) is 19.8. The molecule has 0 saturated carbocycles. The molecule has 1 N–H and O–H groups in total. The highest BCUT2D eigenvalue weighted by atomic mass is 35.5. The Morgan fingerprint density at radius 1 is 1.15 bits per heavy atom. The highest BCUT2D eigenvalue weighted by Crippen LogP contribution is 2.22. The number of benzene rings is 1. The Labute approximate surface area is 162 Å². The molecule has 1 heterocycles. The summed E-state index contributed by atoms with van der Waals surface area (Å²) in [6, 6.07) is 4.40. The number of rotatable bonds is 5. The minimum atomic E-state index is -0.676. The van der Waals surface area contributed by atoms with Crippen molar-refractivity contribution in [1.82, 2.24) is 10.2 Å². The molecule has 0 radical (unpaired) electrons. The number of carbonyl (C=O) groups excluding carboxylic acids is 3. The van der Waals surface area contributed by atoms with Gasteiger partial charge in [-0.15, -0.1) is 0 Å². The molecule has 0 bridgehead atoms. The average Bonchev–Trinajstić information content (AvgIpc) is 2.59. The van der Waals surface area contributed by atoms with E-state index in [-0.39, 0.29) is 29.6 Å². The van der Waals surface area contributed by atoms with Crippen molar-refractivity contribution in [2.24, 2.45) is 11.8 Å². The van der Waals surface area contributed by atoms with Crippen molar-refractivity contribution in [3.8, 4) is 0 Å². The number of hydrogen-bond acceptors (Lipinski definition) is 4. The Kier molecular flexibility index (Phi) is 7.29. The lowest BCUT2D eigenvalue weighted by atomic mass is 9.92. The lowest BCUT2D eigenvalue weighted by Crippen LogP contribution is -2.44. The summed E-state index contributed by atoms with van der Waals surface area (Å²) in [7, 11) is 0. The third-order valence-corrected chi connectivity index (χ3v) is 4.89. The first-order valence-corrected chi connectivity index (χ1v) is 9.18. The second-order valence-corrected chi connectivity index (χ2v) is 7.53. The Morgan fingerprint density at radius 2 is 1.81 bits per heavy atom. The molecule has 1 aromatic carbocycles. The topological polar surface area (TPSA) is 75.7 Å². The second-order valence-electron chi connectivity index (χ2n) is 6.72. The molecule has 1 fully saturated rings. The van der Waals surface area contributed by atoms with Gasteiger partial charge in [-0.05, 0) is 36.5 Å². The van der Waals surface area contributed by atoms with Crippen LogP contribution in [0.25, 0.3) is 0 Å². The maximum absolute atomic E-state index is 12.2. The van der Waals surface area contributed by atoms with Crippen LogP contribution < -0.4 is 5.32 Å². The molecular formula is C18H22Cl2N2O4. The first kappa shape index (κ1) is 20.5. The van der Waals surface area contributed by atoms with Crippen LogP contribution in [0.1, 0.15) is 30.6 Å². The van der Waals surface area contributed by atoms with Crippen molar-refractivity contribution < 1.29 is 19.1 Å². The van der Waals surface area contributed by atoms with E-state index < -0.39 is 11.9 Å². The van der Waals surface area contributed by atoms with Gasteiger partial charge in [0, 0.05) is 18.7 Å². The van der Waals surface area contributed by atoms with E-state index in [0.29, 0.717) is 29.9 Å². The lowest BCUT2D eigenvalue weighted by molar-refractivity contribution is -0.152. The lowest BCUT2D eigenvalue weighted by Gasteiger charge is -2.34. The molecule has 2 rings (SSSR count). The molecule has 142 valence electrons. The number of piperidine rings is 1. The van der Waals surface area contributed by atoms with E-state index in [1.165, 1.54) is 18.2 Å². The number of carbonyl (C=O) groups is 3. The van der Waals surface area contributed by atoms with Crippen molar-refractivity contribution in [3.63, 3.8) is 0 Å². The fourth-order valence-corrected chi connectivity index (χ4v) is 3.34. The van der Waals surface area contributed by atoms with E-state index in [2.05, 4.69) is 19.2 Å². The number of amides is 2. The van der Waals surface area contributed by atoms with Gasteiger partial charge in [-0.2, -0.15) is 0 Å². The molecule has 1 aliphatic heterocycles. The van der Waals surface area contributed by atoms with Gasteiger partial charge in [0.25, 0.3) is 11.8 Å². The zero-order chi connectivity index (χ0) is 19.3. The summed E-state index contributed by atoms with van der Waals surface area (Å²) in [6.45, 7) is 4.89. The van der Waals surface area contributed by atoms with Crippen molar-refractivity contribution >= 4 is 41.0 Å². The minimum Gasteiger partial charge on any atom is -0.454 e. The van der Waals surface area contributed by atoms with Gasteiger partial charge < -0.3 is 15.0 Å². The summed E-state index contributed by atoms with van der Waals surface area (Å²) in [5, 5.41) is 3.01. The van der Waals surface area contributed by atoms with Gasteiger partial charge in [0.2, 0.25) is 0 Å². The largest absolute Gasteiger partial charge is 0.454 e. The third-order valence-electron chi connectivity index (χ3n) is 4.15. The molecule has 26 heavy (non-hydrogen) atoms.